The minimum Gasteiger partial charge on any atom is -0.256 e. The van der Waals surface area contributed by atoms with E-state index >= 15 is 0 Å². The van der Waals surface area contributed by atoms with Crippen molar-refractivity contribution in [3.8, 4) is 22.4 Å². The summed E-state index contributed by atoms with van der Waals surface area (Å²) >= 11 is 0. The van der Waals surface area contributed by atoms with Crippen molar-refractivity contribution in [3.05, 3.63) is 78.5 Å². The normalized spacial score (nSPS) is 16.7. The van der Waals surface area contributed by atoms with Crippen LogP contribution in [0.1, 0.15) is 34.0 Å². The molecule has 1 aromatic heterocycles. The predicted octanol–water partition coefficient (Wildman–Crippen LogP) is 6.15. The van der Waals surface area contributed by atoms with Crippen LogP contribution in [0.25, 0.3) is 22.4 Å². The summed E-state index contributed by atoms with van der Waals surface area (Å²) in [5, 5.41) is 0. The first-order valence-electron chi connectivity index (χ1n) is 9.77. The Morgan fingerprint density at radius 3 is 2.42 bits per heavy atom. The maximum atomic E-state index is 8.64. The lowest BCUT2D eigenvalue weighted by Gasteiger charge is -2.10. The monoisotopic (exact) mass is 315 g/mol. The van der Waals surface area contributed by atoms with E-state index in [4.69, 9.17) is 2.74 Å². The van der Waals surface area contributed by atoms with Gasteiger partial charge in [-0.15, -0.1) is 0 Å². The fourth-order valence-electron chi connectivity index (χ4n) is 3.47. The molecule has 2 aromatic carbocycles. The number of hydrogen-bond acceptors (Lipinski definition) is 1. The zero-order valence-electron chi connectivity index (χ0n) is 15.8. The first-order valence-corrected chi connectivity index (χ1v) is 8.77. The Hall–Kier alpha value is -2.41. The number of pyridine rings is 1. The SMILES string of the molecule is [2H]C([2H])(c1ccnc(-c2cccc(-c3ccccc3)c2)c1)C1CCCC1. The fraction of sp³-hybridized carbons (Fsp3) is 0.261. The average molecular weight is 315 g/mol. The van der Waals surface area contributed by atoms with E-state index in [0.717, 1.165) is 48.1 Å². The molecule has 1 heterocycles. The molecule has 4 rings (SSSR count). The molecule has 1 aliphatic rings. The van der Waals surface area contributed by atoms with Gasteiger partial charge in [0.1, 0.15) is 0 Å². The zero-order valence-corrected chi connectivity index (χ0v) is 13.8. The Morgan fingerprint density at radius 1 is 0.833 bits per heavy atom. The maximum Gasteiger partial charge on any atom is 0.0704 e. The van der Waals surface area contributed by atoms with Crippen molar-refractivity contribution in [2.45, 2.75) is 32.1 Å². The molecule has 0 N–H and O–H groups in total. The van der Waals surface area contributed by atoms with Crippen LogP contribution in [0.15, 0.2) is 72.9 Å². The van der Waals surface area contributed by atoms with Gasteiger partial charge in [-0.1, -0.05) is 74.2 Å². The average Bonchev–Trinajstić information content (AvgIpc) is 3.25. The summed E-state index contributed by atoms with van der Waals surface area (Å²) in [5.74, 6) is 0.119. The molecule has 0 bridgehead atoms. The lowest BCUT2D eigenvalue weighted by atomic mass is 9.96. The van der Waals surface area contributed by atoms with Gasteiger partial charge in [0.15, 0.2) is 0 Å². The Labute approximate surface area is 147 Å². The van der Waals surface area contributed by atoms with Gasteiger partial charge in [-0.25, -0.2) is 0 Å². The fourth-order valence-corrected chi connectivity index (χ4v) is 3.47. The molecule has 0 aliphatic heterocycles. The van der Waals surface area contributed by atoms with Crippen molar-refractivity contribution >= 4 is 0 Å². The van der Waals surface area contributed by atoms with Crippen LogP contribution in [-0.2, 0) is 6.37 Å². The Bertz CT molecular complexity index is 883. The van der Waals surface area contributed by atoms with Crippen molar-refractivity contribution in [2.75, 3.05) is 0 Å². The van der Waals surface area contributed by atoms with E-state index in [1.807, 2.05) is 42.5 Å². The molecule has 1 nitrogen and oxygen atoms in total. The Morgan fingerprint density at radius 2 is 1.58 bits per heavy atom. The van der Waals surface area contributed by atoms with Crippen LogP contribution in [-0.4, -0.2) is 4.98 Å². The molecular weight excluding hydrogens is 290 g/mol. The Balaban J connectivity index is 1.69. The number of nitrogens with zero attached hydrogens (tertiary/aromatic N) is 1. The highest BCUT2D eigenvalue weighted by molar-refractivity contribution is 5.71. The van der Waals surface area contributed by atoms with Gasteiger partial charge >= 0.3 is 0 Å². The third kappa shape index (κ3) is 3.41. The van der Waals surface area contributed by atoms with Gasteiger partial charge in [0.2, 0.25) is 0 Å². The molecule has 0 atom stereocenters. The molecule has 1 saturated carbocycles. The number of hydrogen-bond donors (Lipinski definition) is 0. The number of aromatic nitrogens is 1. The minimum atomic E-state index is -1.29. The summed E-state index contributed by atoms with van der Waals surface area (Å²) < 4.78 is 17.3. The van der Waals surface area contributed by atoms with Gasteiger partial charge in [-0.3, -0.25) is 4.98 Å². The van der Waals surface area contributed by atoms with Crippen molar-refractivity contribution < 1.29 is 2.74 Å². The van der Waals surface area contributed by atoms with Crippen LogP contribution < -0.4 is 0 Å². The van der Waals surface area contributed by atoms with Crippen LogP contribution in [0.5, 0.6) is 0 Å². The van der Waals surface area contributed by atoms with E-state index in [0.29, 0.717) is 0 Å². The summed E-state index contributed by atoms with van der Waals surface area (Å²) in [6.07, 6.45) is 4.70. The van der Waals surface area contributed by atoms with Crippen LogP contribution in [0.2, 0.25) is 0 Å². The highest BCUT2D eigenvalue weighted by Gasteiger charge is 2.15. The smallest absolute Gasteiger partial charge is 0.0704 e. The van der Waals surface area contributed by atoms with E-state index in [1.165, 1.54) is 5.56 Å². The van der Waals surface area contributed by atoms with Crippen LogP contribution in [0.3, 0.4) is 0 Å². The van der Waals surface area contributed by atoms with Crippen molar-refractivity contribution in [2.24, 2.45) is 5.92 Å². The molecule has 1 heteroatoms. The molecule has 0 unspecified atom stereocenters. The molecule has 1 aliphatic carbocycles. The third-order valence-corrected chi connectivity index (χ3v) is 4.75. The molecule has 1 fully saturated rings. The second-order valence-electron chi connectivity index (χ2n) is 6.50. The predicted molar refractivity (Wildman–Crippen MR) is 101 cm³/mol. The summed E-state index contributed by atoms with van der Waals surface area (Å²) in [6.45, 7) is 0. The van der Waals surface area contributed by atoms with Gasteiger partial charge in [0, 0.05) is 14.5 Å². The number of rotatable bonds is 4. The first kappa shape index (κ1) is 12.9. The van der Waals surface area contributed by atoms with Crippen molar-refractivity contribution in [1.82, 2.24) is 4.98 Å². The molecule has 0 spiro atoms. The molecule has 24 heavy (non-hydrogen) atoms. The molecule has 0 radical (unpaired) electrons. The van der Waals surface area contributed by atoms with Gasteiger partial charge < -0.3 is 0 Å². The molecule has 0 saturated heterocycles. The molecule has 120 valence electrons. The summed E-state index contributed by atoms with van der Waals surface area (Å²) in [7, 11) is 0. The second-order valence-corrected chi connectivity index (χ2v) is 6.50. The van der Waals surface area contributed by atoms with E-state index in [-0.39, 0.29) is 5.92 Å². The van der Waals surface area contributed by atoms with Gasteiger partial charge in [0.05, 0.1) is 5.69 Å². The maximum absolute atomic E-state index is 8.64. The van der Waals surface area contributed by atoms with Crippen molar-refractivity contribution in [3.63, 3.8) is 0 Å². The minimum absolute atomic E-state index is 0.119. The number of benzene rings is 2. The lowest BCUT2D eigenvalue weighted by molar-refractivity contribution is 0.546. The second kappa shape index (κ2) is 7.00. The van der Waals surface area contributed by atoms with E-state index in [2.05, 4.69) is 29.2 Å². The van der Waals surface area contributed by atoms with Gasteiger partial charge in [-0.2, -0.15) is 0 Å². The van der Waals surface area contributed by atoms with Gasteiger partial charge in [0.25, 0.3) is 0 Å². The van der Waals surface area contributed by atoms with Crippen molar-refractivity contribution in [1.29, 1.82) is 0 Å². The lowest BCUT2D eigenvalue weighted by Crippen LogP contribution is -1.99. The van der Waals surface area contributed by atoms with Gasteiger partial charge in [-0.05, 0) is 47.2 Å². The van der Waals surface area contributed by atoms with Crippen LogP contribution >= 0.6 is 0 Å². The zero-order chi connectivity index (χ0) is 18.0. The highest BCUT2D eigenvalue weighted by atomic mass is 14.7. The molecule has 0 amide bonds. The third-order valence-electron chi connectivity index (χ3n) is 4.75. The standard InChI is InChI=1S/C23H23N/c1-2-9-20(10-3-1)21-11-6-12-22(17-21)23-16-19(13-14-24-23)15-18-7-4-5-8-18/h1-3,6,9-14,16-18H,4-5,7-8,15H2/i15D2. The quantitative estimate of drug-likeness (QED) is 0.563. The molecule has 3 aromatic rings. The topological polar surface area (TPSA) is 12.9 Å². The summed E-state index contributed by atoms with van der Waals surface area (Å²) in [5.41, 5.74) is 4.93. The van der Waals surface area contributed by atoms with Crippen LogP contribution in [0.4, 0.5) is 0 Å². The largest absolute Gasteiger partial charge is 0.256 e. The summed E-state index contributed by atoms with van der Waals surface area (Å²) in [4.78, 5) is 4.52. The van der Waals surface area contributed by atoms with E-state index < -0.39 is 6.37 Å². The molecular formula is C23H23N. The summed E-state index contributed by atoms with van der Waals surface area (Å²) in [6, 6.07) is 22.4. The Kier molecular flexibility index (Phi) is 3.78. The van der Waals surface area contributed by atoms with E-state index in [1.54, 1.807) is 6.20 Å². The highest BCUT2D eigenvalue weighted by Crippen LogP contribution is 2.30. The van der Waals surface area contributed by atoms with E-state index in [9.17, 15) is 0 Å². The first-order chi connectivity index (χ1) is 12.6. The van der Waals surface area contributed by atoms with Crippen LogP contribution in [0, 0.1) is 5.92 Å².